The van der Waals surface area contributed by atoms with Gasteiger partial charge in [-0.1, -0.05) is 18.2 Å². The number of hydrogen-bond acceptors (Lipinski definition) is 1. The van der Waals surface area contributed by atoms with Gasteiger partial charge in [0.2, 0.25) is 5.69 Å². The minimum Gasteiger partial charge on any atom is -1.00 e. The molecule has 0 amide bonds. The molecule has 3 heteroatoms. The highest BCUT2D eigenvalue weighted by Crippen LogP contribution is 2.26. The van der Waals surface area contributed by atoms with Crippen molar-refractivity contribution in [3.05, 3.63) is 72.2 Å². The zero-order valence-electron chi connectivity index (χ0n) is 11.5. The number of fused-ring (bicyclic) bond motifs is 2. The molecule has 21 heavy (non-hydrogen) atoms. The molecule has 0 bridgehead atoms. The molecule has 3 aromatic rings. The highest BCUT2D eigenvalue weighted by atomic mass is 79.9. The first kappa shape index (κ1) is 14.0. The van der Waals surface area contributed by atoms with Gasteiger partial charge in [-0.3, -0.25) is 4.98 Å². The number of allylic oxidation sites excluding steroid dienone is 1. The van der Waals surface area contributed by atoms with Crippen LogP contribution in [0.4, 0.5) is 0 Å². The third-order valence-electron chi connectivity index (χ3n) is 3.90. The number of pyridine rings is 2. The molecule has 3 heterocycles. The molecule has 0 fully saturated rings. The fraction of sp³-hybridized carbons (Fsp3) is 0.111. The Labute approximate surface area is 134 Å². The van der Waals surface area contributed by atoms with Crippen molar-refractivity contribution in [3.8, 4) is 0 Å². The van der Waals surface area contributed by atoms with Crippen LogP contribution in [0.1, 0.15) is 17.7 Å². The summed E-state index contributed by atoms with van der Waals surface area (Å²) in [4.78, 5) is 4.43. The van der Waals surface area contributed by atoms with Crippen molar-refractivity contribution in [3.63, 3.8) is 0 Å². The van der Waals surface area contributed by atoms with E-state index in [1.807, 2.05) is 12.3 Å². The molecule has 0 spiro atoms. The lowest BCUT2D eigenvalue weighted by atomic mass is 10.0. The molecule has 2 aromatic heterocycles. The van der Waals surface area contributed by atoms with E-state index in [4.69, 9.17) is 0 Å². The number of para-hydroxylation sites is 1. The Morgan fingerprint density at radius 1 is 1.00 bits per heavy atom. The van der Waals surface area contributed by atoms with Crippen molar-refractivity contribution in [2.24, 2.45) is 0 Å². The molecule has 0 aliphatic carbocycles. The van der Waals surface area contributed by atoms with E-state index in [2.05, 4.69) is 64.3 Å². The summed E-state index contributed by atoms with van der Waals surface area (Å²) in [5, 5.41) is 1.22. The highest BCUT2D eigenvalue weighted by molar-refractivity contribution is 5.92. The third-order valence-corrected chi connectivity index (χ3v) is 3.90. The predicted octanol–water partition coefficient (Wildman–Crippen LogP) is 0.471. The standard InChI is InChI=1S/C18H15N2.BrH/c1-2-6-17-16(5-1)14(8-10-19-17)13-15-9-12-20-11-4-3-7-18(15)20;/h1-8,10-11,13H,9,12H2;1H/q+1;/p-1/b15-13+;. The lowest BCUT2D eigenvalue weighted by Crippen LogP contribution is -3.00. The van der Waals surface area contributed by atoms with Crippen LogP contribution in [0.3, 0.4) is 0 Å². The summed E-state index contributed by atoms with van der Waals surface area (Å²) in [5.74, 6) is 0. The van der Waals surface area contributed by atoms with E-state index < -0.39 is 0 Å². The average Bonchev–Trinajstić information content (AvgIpc) is 2.91. The molecule has 0 saturated carbocycles. The van der Waals surface area contributed by atoms with E-state index in [-0.39, 0.29) is 17.0 Å². The summed E-state index contributed by atoms with van der Waals surface area (Å²) >= 11 is 0. The molecule has 1 aromatic carbocycles. The summed E-state index contributed by atoms with van der Waals surface area (Å²) in [6.07, 6.45) is 7.45. The summed E-state index contributed by atoms with van der Waals surface area (Å²) < 4.78 is 2.31. The van der Waals surface area contributed by atoms with E-state index in [1.165, 1.54) is 22.2 Å². The second kappa shape index (κ2) is 5.78. The maximum absolute atomic E-state index is 4.43. The van der Waals surface area contributed by atoms with Crippen LogP contribution in [0, 0.1) is 0 Å². The maximum atomic E-state index is 4.43. The van der Waals surface area contributed by atoms with Crippen molar-refractivity contribution < 1.29 is 21.5 Å². The molecule has 0 unspecified atom stereocenters. The lowest BCUT2D eigenvalue weighted by molar-refractivity contribution is -0.689. The SMILES string of the molecule is C(=C1/CC[n+]2ccccc21)/c1ccnc2ccccc12.[Br-]. The van der Waals surface area contributed by atoms with Crippen LogP contribution in [0.2, 0.25) is 0 Å². The number of aryl methyl sites for hydroxylation is 1. The Bertz CT molecular complexity index is 819. The van der Waals surface area contributed by atoms with Gasteiger partial charge in [-0.2, -0.15) is 4.57 Å². The van der Waals surface area contributed by atoms with E-state index >= 15 is 0 Å². The largest absolute Gasteiger partial charge is 1.00 e. The Morgan fingerprint density at radius 3 is 2.81 bits per heavy atom. The smallest absolute Gasteiger partial charge is 0.208 e. The van der Waals surface area contributed by atoms with Crippen LogP contribution in [-0.2, 0) is 6.54 Å². The fourth-order valence-electron chi connectivity index (χ4n) is 2.91. The van der Waals surface area contributed by atoms with Crippen molar-refractivity contribution in [2.45, 2.75) is 13.0 Å². The van der Waals surface area contributed by atoms with Crippen LogP contribution in [0.15, 0.2) is 60.9 Å². The van der Waals surface area contributed by atoms with Crippen LogP contribution in [0.25, 0.3) is 22.6 Å². The minimum absolute atomic E-state index is 0. The van der Waals surface area contributed by atoms with E-state index in [1.54, 1.807) is 0 Å². The van der Waals surface area contributed by atoms with Crippen molar-refractivity contribution >= 4 is 22.6 Å². The number of aromatic nitrogens is 2. The Kier molecular flexibility index (Phi) is 3.84. The second-order valence-corrected chi connectivity index (χ2v) is 5.12. The maximum Gasteiger partial charge on any atom is 0.208 e. The van der Waals surface area contributed by atoms with Crippen LogP contribution in [-0.4, -0.2) is 4.98 Å². The molecule has 0 radical (unpaired) electrons. The molecule has 104 valence electrons. The predicted molar refractivity (Wildman–Crippen MR) is 80.9 cm³/mol. The zero-order chi connectivity index (χ0) is 13.4. The first-order valence-corrected chi connectivity index (χ1v) is 6.95. The molecule has 0 atom stereocenters. The number of nitrogens with zero attached hydrogens (tertiary/aromatic N) is 2. The number of rotatable bonds is 1. The minimum atomic E-state index is 0. The molecule has 1 aliphatic heterocycles. The highest BCUT2D eigenvalue weighted by Gasteiger charge is 2.22. The summed E-state index contributed by atoms with van der Waals surface area (Å²) in [6, 6.07) is 16.8. The van der Waals surface area contributed by atoms with Gasteiger partial charge in [0.15, 0.2) is 12.7 Å². The van der Waals surface area contributed by atoms with Crippen molar-refractivity contribution in [1.29, 1.82) is 0 Å². The Morgan fingerprint density at radius 2 is 1.86 bits per heavy atom. The van der Waals surface area contributed by atoms with Crippen LogP contribution in [0.5, 0.6) is 0 Å². The third kappa shape index (κ3) is 2.49. The van der Waals surface area contributed by atoms with Crippen molar-refractivity contribution in [2.75, 3.05) is 0 Å². The molecule has 1 aliphatic rings. The van der Waals surface area contributed by atoms with Gasteiger partial charge in [0.25, 0.3) is 0 Å². The van der Waals surface area contributed by atoms with Gasteiger partial charge >= 0.3 is 0 Å². The number of hydrogen-bond donors (Lipinski definition) is 0. The van der Waals surface area contributed by atoms with E-state index in [9.17, 15) is 0 Å². The van der Waals surface area contributed by atoms with Gasteiger partial charge in [-0.25, -0.2) is 0 Å². The average molecular weight is 339 g/mol. The number of benzene rings is 1. The lowest BCUT2D eigenvalue weighted by Gasteiger charge is -2.02. The molecule has 2 nitrogen and oxygen atoms in total. The van der Waals surface area contributed by atoms with Gasteiger partial charge in [0, 0.05) is 35.7 Å². The monoisotopic (exact) mass is 338 g/mol. The second-order valence-electron chi connectivity index (χ2n) is 5.12. The zero-order valence-corrected chi connectivity index (χ0v) is 13.1. The Balaban J connectivity index is 0.00000132. The summed E-state index contributed by atoms with van der Waals surface area (Å²) in [7, 11) is 0. The Hall–Kier alpha value is -2.00. The molecule has 0 N–H and O–H groups in total. The van der Waals surface area contributed by atoms with E-state index in [0.29, 0.717) is 0 Å². The normalized spacial score (nSPS) is 15.0. The van der Waals surface area contributed by atoms with Gasteiger partial charge in [-0.15, -0.1) is 0 Å². The molecular weight excluding hydrogens is 324 g/mol. The van der Waals surface area contributed by atoms with Crippen LogP contribution >= 0.6 is 0 Å². The topological polar surface area (TPSA) is 16.8 Å². The number of halogens is 1. The molecule has 4 rings (SSSR count). The fourth-order valence-corrected chi connectivity index (χ4v) is 2.91. The molecular formula is C18H15BrN2. The van der Waals surface area contributed by atoms with Gasteiger partial charge < -0.3 is 17.0 Å². The van der Waals surface area contributed by atoms with E-state index in [0.717, 1.165) is 18.5 Å². The van der Waals surface area contributed by atoms with Gasteiger partial charge in [0.05, 0.1) is 5.52 Å². The summed E-state index contributed by atoms with van der Waals surface area (Å²) in [5.41, 5.74) is 5.04. The molecule has 0 saturated heterocycles. The quantitative estimate of drug-likeness (QED) is 0.589. The van der Waals surface area contributed by atoms with Crippen LogP contribution < -0.4 is 21.5 Å². The van der Waals surface area contributed by atoms with Gasteiger partial charge in [-0.05, 0) is 29.8 Å². The first-order chi connectivity index (χ1) is 9.92. The first-order valence-electron chi connectivity index (χ1n) is 6.95. The summed E-state index contributed by atoms with van der Waals surface area (Å²) in [6.45, 7) is 1.07. The van der Waals surface area contributed by atoms with Gasteiger partial charge in [0.1, 0.15) is 0 Å². The van der Waals surface area contributed by atoms with Crippen molar-refractivity contribution in [1.82, 2.24) is 4.98 Å².